The third kappa shape index (κ3) is 11.9. The van der Waals surface area contributed by atoms with Gasteiger partial charge in [-0.15, -0.1) is 0 Å². The van der Waals surface area contributed by atoms with Crippen molar-refractivity contribution in [1.29, 1.82) is 0 Å². The average Bonchev–Trinajstić information content (AvgIpc) is 3.37. The van der Waals surface area contributed by atoms with Gasteiger partial charge in [0.2, 0.25) is 0 Å². The van der Waals surface area contributed by atoms with E-state index in [2.05, 4.69) is 42.2 Å². The van der Waals surface area contributed by atoms with Crippen molar-refractivity contribution in [1.82, 2.24) is 19.9 Å². The standard InChI is InChI=1S/C12H18N2O2.C11H24.C8H5FN4O2/c1-13-7-10-4-5-11(8-16-9-15)12(6-10)14(2)3;1-4-7-9-11(6-3)10-8-5-2;9-5-2-11-13-6(7(10)15)1-4(3-14)12-8(5)13/h4-6,9,13H,7-8H2,1-3H3;11H,4-10H2,1-3H3;1-3H,(H2,10,15). The fourth-order valence-electron chi connectivity index (χ4n) is 4.31. The van der Waals surface area contributed by atoms with Crippen molar-refractivity contribution in [3.63, 3.8) is 0 Å². The molecule has 1 aromatic carbocycles. The summed E-state index contributed by atoms with van der Waals surface area (Å²) < 4.78 is 18.8. The molecule has 3 N–H and O–H groups in total. The number of unbranched alkanes of at least 4 members (excludes halogenated alkanes) is 2. The minimum atomic E-state index is -0.811. The number of hydrogen-bond acceptors (Lipinski definition) is 8. The number of fused-ring (bicyclic) bond motifs is 1. The first-order valence-corrected chi connectivity index (χ1v) is 14.4. The normalized spacial score (nSPS) is 10.4. The Labute approximate surface area is 248 Å². The highest BCUT2D eigenvalue weighted by Gasteiger charge is 2.14. The maximum Gasteiger partial charge on any atom is 0.293 e. The number of hydrogen-bond donors (Lipinski definition) is 2. The van der Waals surface area contributed by atoms with Gasteiger partial charge in [-0.2, -0.15) is 5.10 Å². The number of benzene rings is 1. The van der Waals surface area contributed by atoms with Crippen LogP contribution in [0, 0.1) is 11.7 Å². The van der Waals surface area contributed by atoms with Crippen molar-refractivity contribution in [2.75, 3.05) is 26.0 Å². The molecule has 0 saturated heterocycles. The lowest BCUT2D eigenvalue weighted by molar-refractivity contribution is -0.129. The average molecular weight is 587 g/mol. The highest BCUT2D eigenvalue weighted by atomic mass is 19.1. The first kappa shape index (κ1) is 36.2. The number of carbonyl (C=O) groups is 3. The van der Waals surface area contributed by atoms with E-state index >= 15 is 0 Å². The molecule has 3 aromatic rings. The second kappa shape index (κ2) is 20.1. The predicted octanol–water partition coefficient (Wildman–Crippen LogP) is 5.32. The van der Waals surface area contributed by atoms with Crippen LogP contribution < -0.4 is 16.0 Å². The van der Waals surface area contributed by atoms with Crippen molar-refractivity contribution in [3.05, 3.63) is 58.8 Å². The van der Waals surface area contributed by atoms with Crippen LogP contribution >= 0.6 is 0 Å². The first-order chi connectivity index (χ1) is 20.2. The van der Waals surface area contributed by atoms with Crippen LogP contribution in [0.3, 0.4) is 0 Å². The van der Waals surface area contributed by atoms with Gasteiger partial charge in [-0.25, -0.2) is 13.9 Å². The summed E-state index contributed by atoms with van der Waals surface area (Å²) in [6.45, 7) is 8.52. The molecule has 0 aliphatic carbocycles. The summed E-state index contributed by atoms with van der Waals surface area (Å²) >= 11 is 0. The van der Waals surface area contributed by atoms with Crippen molar-refractivity contribution in [2.45, 2.75) is 78.9 Å². The van der Waals surface area contributed by atoms with Crippen LogP contribution in [0.2, 0.25) is 0 Å². The van der Waals surface area contributed by atoms with Gasteiger partial charge in [0.05, 0.1) is 6.20 Å². The van der Waals surface area contributed by atoms with Crippen LogP contribution in [0.25, 0.3) is 5.65 Å². The number of nitrogens with one attached hydrogen (secondary N) is 1. The maximum absolute atomic E-state index is 13.1. The number of anilines is 1. The van der Waals surface area contributed by atoms with Crippen molar-refractivity contribution >= 4 is 30.0 Å². The Hall–Kier alpha value is -3.86. The Balaban J connectivity index is 0.000000321. The second-order valence-corrected chi connectivity index (χ2v) is 10.1. The Morgan fingerprint density at radius 2 is 1.81 bits per heavy atom. The van der Waals surface area contributed by atoms with Gasteiger partial charge in [0.25, 0.3) is 12.4 Å². The molecule has 0 atom stereocenters. The van der Waals surface area contributed by atoms with Crippen molar-refractivity contribution in [2.24, 2.45) is 11.7 Å². The molecule has 0 aliphatic rings. The number of aldehydes is 1. The summed E-state index contributed by atoms with van der Waals surface area (Å²) in [6.07, 6.45) is 11.2. The summed E-state index contributed by atoms with van der Waals surface area (Å²) in [4.78, 5) is 37.3. The molecule has 2 aromatic heterocycles. The molecule has 0 aliphatic heterocycles. The number of aromatic nitrogens is 3. The summed E-state index contributed by atoms with van der Waals surface area (Å²) in [5.41, 5.74) is 7.98. The van der Waals surface area contributed by atoms with Crippen LogP contribution in [0.1, 0.15) is 97.8 Å². The van der Waals surface area contributed by atoms with Crippen molar-refractivity contribution in [3.8, 4) is 0 Å². The van der Waals surface area contributed by atoms with Gasteiger partial charge in [0.1, 0.15) is 18.0 Å². The van der Waals surface area contributed by atoms with E-state index in [-0.39, 0.29) is 17.0 Å². The van der Waals surface area contributed by atoms with Gasteiger partial charge in [-0.1, -0.05) is 77.8 Å². The number of ether oxygens (including phenoxy) is 1. The molecule has 0 bridgehead atoms. The largest absolute Gasteiger partial charge is 0.463 e. The third-order valence-corrected chi connectivity index (χ3v) is 6.65. The van der Waals surface area contributed by atoms with Crippen LogP contribution in [-0.2, 0) is 22.7 Å². The minimum Gasteiger partial charge on any atom is -0.463 e. The Bertz CT molecular complexity index is 1240. The first-order valence-electron chi connectivity index (χ1n) is 14.4. The topological polar surface area (TPSA) is 132 Å². The van der Waals surface area contributed by atoms with E-state index in [9.17, 15) is 18.8 Å². The molecule has 0 saturated carbocycles. The fourth-order valence-corrected chi connectivity index (χ4v) is 4.31. The van der Waals surface area contributed by atoms with Gasteiger partial charge in [-0.3, -0.25) is 14.4 Å². The zero-order valence-corrected chi connectivity index (χ0v) is 25.9. The third-order valence-electron chi connectivity index (χ3n) is 6.65. The lowest BCUT2D eigenvalue weighted by Crippen LogP contribution is -2.17. The Morgan fingerprint density at radius 3 is 2.31 bits per heavy atom. The molecule has 0 spiro atoms. The highest BCUT2D eigenvalue weighted by Crippen LogP contribution is 2.21. The molecular formula is C31H47FN6O4. The van der Waals surface area contributed by atoms with Gasteiger partial charge in [0, 0.05) is 31.9 Å². The van der Waals surface area contributed by atoms with E-state index in [4.69, 9.17) is 10.5 Å². The number of nitrogens with two attached hydrogens (primary N) is 1. The van der Waals surface area contributed by atoms with E-state index < -0.39 is 11.7 Å². The quantitative estimate of drug-likeness (QED) is 0.229. The lowest BCUT2D eigenvalue weighted by Gasteiger charge is -2.18. The summed E-state index contributed by atoms with van der Waals surface area (Å²) in [5.74, 6) is -0.510. The molecule has 42 heavy (non-hydrogen) atoms. The monoisotopic (exact) mass is 586 g/mol. The molecule has 0 radical (unpaired) electrons. The number of primary amides is 1. The molecule has 10 nitrogen and oxygen atoms in total. The van der Waals surface area contributed by atoms with Gasteiger partial charge in [-0.05, 0) is 30.7 Å². The SMILES string of the molecule is CCCCC(CC)CCCC.CNCc1ccc(COC=O)c(N(C)C)c1.NC(=O)c1cc(C=O)nc2c(F)cnn12. The number of nitrogens with zero attached hydrogens (tertiary/aromatic N) is 4. The van der Waals surface area contributed by atoms with Gasteiger partial charge in [0.15, 0.2) is 17.8 Å². The van der Waals surface area contributed by atoms with Crippen LogP contribution in [0.5, 0.6) is 0 Å². The van der Waals surface area contributed by atoms with E-state index in [1.54, 1.807) is 0 Å². The van der Waals surface area contributed by atoms with E-state index in [1.807, 2.05) is 38.2 Å². The van der Waals surface area contributed by atoms with Crippen LogP contribution in [0.15, 0.2) is 30.5 Å². The molecule has 232 valence electrons. The predicted molar refractivity (Wildman–Crippen MR) is 164 cm³/mol. The Morgan fingerprint density at radius 1 is 1.14 bits per heavy atom. The van der Waals surface area contributed by atoms with Gasteiger partial charge < -0.3 is 20.7 Å². The van der Waals surface area contributed by atoms with Crippen LogP contribution in [0.4, 0.5) is 10.1 Å². The van der Waals surface area contributed by atoms with Crippen LogP contribution in [-0.4, -0.2) is 54.4 Å². The molecule has 1 amide bonds. The van der Waals surface area contributed by atoms with E-state index in [0.29, 0.717) is 19.4 Å². The van der Waals surface area contributed by atoms with Gasteiger partial charge >= 0.3 is 0 Å². The zero-order valence-electron chi connectivity index (χ0n) is 25.9. The fraction of sp³-hybridized carbons (Fsp3) is 0.516. The maximum atomic E-state index is 13.1. The zero-order chi connectivity index (χ0) is 31.5. The molecule has 3 rings (SSSR count). The molecule has 11 heteroatoms. The molecular weight excluding hydrogens is 539 g/mol. The number of halogens is 1. The highest BCUT2D eigenvalue weighted by molar-refractivity contribution is 5.93. The van der Waals surface area contributed by atoms with Crippen molar-refractivity contribution < 1.29 is 23.5 Å². The second-order valence-electron chi connectivity index (χ2n) is 10.1. The number of amides is 1. The Kier molecular flexibility index (Phi) is 17.3. The summed E-state index contributed by atoms with van der Waals surface area (Å²) in [7, 11) is 5.87. The number of rotatable bonds is 15. The molecule has 0 unspecified atom stereocenters. The summed E-state index contributed by atoms with van der Waals surface area (Å²) in [5, 5.41) is 6.68. The minimum absolute atomic E-state index is 0.0734. The molecule has 0 fully saturated rings. The number of carbonyl (C=O) groups excluding carboxylic acids is 3. The van der Waals surface area contributed by atoms with E-state index in [1.165, 1.54) is 50.5 Å². The molecule has 2 heterocycles. The van der Waals surface area contributed by atoms with E-state index in [0.717, 1.165) is 40.5 Å². The lowest BCUT2D eigenvalue weighted by atomic mass is 9.94. The summed E-state index contributed by atoms with van der Waals surface area (Å²) in [6, 6.07) is 7.27. The smallest absolute Gasteiger partial charge is 0.293 e.